The molecule has 6 nitrogen and oxygen atoms in total. The van der Waals surface area contributed by atoms with Gasteiger partial charge in [0.1, 0.15) is 12.1 Å². The predicted octanol–water partition coefficient (Wildman–Crippen LogP) is 4.24. The normalized spacial score (nSPS) is 20.7. The van der Waals surface area contributed by atoms with Crippen LogP contribution < -0.4 is 5.32 Å². The van der Waals surface area contributed by atoms with Gasteiger partial charge in [0.15, 0.2) is 0 Å². The van der Waals surface area contributed by atoms with Gasteiger partial charge in [-0.1, -0.05) is 62.7 Å². The fraction of sp³-hybridized carbons (Fsp3) is 0.483. The van der Waals surface area contributed by atoms with Crippen molar-refractivity contribution in [1.29, 1.82) is 0 Å². The van der Waals surface area contributed by atoms with Crippen molar-refractivity contribution in [2.24, 2.45) is 5.92 Å². The van der Waals surface area contributed by atoms with Gasteiger partial charge in [-0.15, -0.1) is 0 Å². The molecule has 0 spiro atoms. The summed E-state index contributed by atoms with van der Waals surface area (Å²) in [6.07, 6.45) is 5.30. The summed E-state index contributed by atoms with van der Waals surface area (Å²) in [6.45, 7) is 5.38. The van der Waals surface area contributed by atoms with Crippen molar-refractivity contribution in [3.8, 4) is 0 Å². The van der Waals surface area contributed by atoms with E-state index in [1.165, 1.54) is 24.8 Å². The van der Waals surface area contributed by atoms with E-state index in [4.69, 9.17) is 0 Å². The molecule has 35 heavy (non-hydrogen) atoms. The molecule has 3 aliphatic rings. The zero-order chi connectivity index (χ0) is 24.5. The first-order chi connectivity index (χ1) is 16.9. The highest BCUT2D eigenvalue weighted by Crippen LogP contribution is 2.36. The second-order valence-electron chi connectivity index (χ2n) is 10.6. The van der Waals surface area contributed by atoms with Crippen molar-refractivity contribution in [2.45, 2.75) is 77.0 Å². The van der Waals surface area contributed by atoms with Crippen LogP contribution in [0.4, 0.5) is 0 Å². The van der Waals surface area contributed by atoms with Gasteiger partial charge in [-0.05, 0) is 60.3 Å². The average molecular weight is 474 g/mol. The number of hydrogen-bond acceptors (Lipinski definition) is 3. The van der Waals surface area contributed by atoms with E-state index in [0.717, 1.165) is 17.5 Å². The number of nitrogens with zero attached hydrogens (tertiary/aromatic N) is 2. The lowest BCUT2D eigenvalue weighted by Crippen LogP contribution is -2.55. The zero-order valence-electron chi connectivity index (χ0n) is 20.7. The molecule has 0 bridgehead atoms. The van der Waals surface area contributed by atoms with Crippen LogP contribution in [0.2, 0.25) is 0 Å². The molecule has 2 aliphatic heterocycles. The number of benzene rings is 2. The Morgan fingerprint density at radius 1 is 1.00 bits per heavy atom. The molecule has 0 radical (unpaired) electrons. The Kier molecular flexibility index (Phi) is 6.63. The van der Waals surface area contributed by atoms with Crippen LogP contribution >= 0.6 is 0 Å². The van der Waals surface area contributed by atoms with Crippen molar-refractivity contribution >= 4 is 17.7 Å². The quantitative estimate of drug-likeness (QED) is 0.654. The Morgan fingerprint density at radius 3 is 2.40 bits per heavy atom. The standard InChI is InChI=1S/C29H35N3O3/c1-19(2)26(32-18-23-7-3-4-10-24(23)28(32)34)29(35)31-16-6-11-25(31)27(33)30-17-20-12-14-22(15-13-20)21-8-5-9-21/h3-4,7,10,12-15,19,21,25-26H,5-6,8-9,11,16-18H2,1-2H3,(H,30,33)/t25-,26?/m0/s1. The molecule has 1 saturated heterocycles. The molecule has 0 aromatic heterocycles. The van der Waals surface area contributed by atoms with Crippen molar-refractivity contribution in [2.75, 3.05) is 6.54 Å². The maximum atomic E-state index is 13.7. The third-order valence-corrected chi connectivity index (χ3v) is 7.93. The summed E-state index contributed by atoms with van der Waals surface area (Å²) in [6, 6.07) is 15.0. The molecule has 2 aromatic carbocycles. The Labute approximate surface area is 207 Å². The molecule has 2 atom stereocenters. The van der Waals surface area contributed by atoms with E-state index in [0.29, 0.717) is 37.5 Å². The Hall–Kier alpha value is -3.15. The second kappa shape index (κ2) is 9.84. The van der Waals surface area contributed by atoms with Crippen LogP contribution in [-0.4, -0.2) is 46.1 Å². The fourth-order valence-electron chi connectivity index (χ4n) is 5.71. The first-order valence-corrected chi connectivity index (χ1v) is 13.0. The molecule has 1 saturated carbocycles. The van der Waals surface area contributed by atoms with Crippen LogP contribution in [0.5, 0.6) is 0 Å². The van der Waals surface area contributed by atoms with Gasteiger partial charge in [-0.2, -0.15) is 0 Å². The van der Waals surface area contributed by atoms with Gasteiger partial charge in [0.2, 0.25) is 11.8 Å². The van der Waals surface area contributed by atoms with Crippen LogP contribution in [0.15, 0.2) is 48.5 Å². The van der Waals surface area contributed by atoms with Crippen molar-refractivity contribution in [3.05, 3.63) is 70.8 Å². The maximum absolute atomic E-state index is 13.7. The molecule has 1 unspecified atom stereocenters. The van der Waals surface area contributed by atoms with E-state index in [-0.39, 0.29) is 23.6 Å². The van der Waals surface area contributed by atoms with Gasteiger partial charge >= 0.3 is 0 Å². The Balaban J connectivity index is 1.24. The molecule has 2 fully saturated rings. The average Bonchev–Trinajstić information content (AvgIpc) is 3.43. The minimum atomic E-state index is -0.581. The van der Waals surface area contributed by atoms with Crippen LogP contribution in [-0.2, 0) is 22.7 Å². The van der Waals surface area contributed by atoms with E-state index in [2.05, 4.69) is 29.6 Å². The van der Waals surface area contributed by atoms with Crippen LogP contribution in [0.25, 0.3) is 0 Å². The van der Waals surface area contributed by atoms with Gasteiger partial charge < -0.3 is 15.1 Å². The number of hydrogen-bond donors (Lipinski definition) is 1. The molecular formula is C29H35N3O3. The highest BCUT2D eigenvalue weighted by Gasteiger charge is 2.43. The maximum Gasteiger partial charge on any atom is 0.255 e. The first-order valence-electron chi connectivity index (χ1n) is 13.0. The number of carbonyl (C=O) groups excluding carboxylic acids is 3. The number of rotatable bonds is 7. The largest absolute Gasteiger partial charge is 0.350 e. The van der Waals surface area contributed by atoms with E-state index >= 15 is 0 Å². The first kappa shape index (κ1) is 23.6. The lowest BCUT2D eigenvalue weighted by Gasteiger charge is -2.35. The third kappa shape index (κ3) is 4.58. The SMILES string of the molecule is CC(C)C(C(=O)N1CCC[C@H]1C(=O)NCc1ccc(C2CCC2)cc1)N1Cc2ccccc2C1=O. The van der Waals surface area contributed by atoms with Crippen molar-refractivity contribution in [1.82, 2.24) is 15.1 Å². The summed E-state index contributed by atoms with van der Waals surface area (Å²) >= 11 is 0. The summed E-state index contributed by atoms with van der Waals surface area (Å²) < 4.78 is 0. The van der Waals surface area contributed by atoms with E-state index < -0.39 is 12.1 Å². The molecule has 6 heteroatoms. The van der Waals surface area contributed by atoms with Gasteiger partial charge in [0.25, 0.3) is 5.91 Å². The van der Waals surface area contributed by atoms with Gasteiger partial charge in [-0.25, -0.2) is 0 Å². The van der Waals surface area contributed by atoms with Crippen molar-refractivity contribution in [3.63, 3.8) is 0 Å². The van der Waals surface area contributed by atoms with E-state index in [9.17, 15) is 14.4 Å². The number of fused-ring (bicyclic) bond motifs is 1. The lowest BCUT2D eigenvalue weighted by atomic mass is 9.80. The smallest absolute Gasteiger partial charge is 0.255 e. The van der Waals surface area contributed by atoms with Crippen LogP contribution in [0.1, 0.15) is 78.9 Å². The number of carbonyl (C=O) groups is 3. The summed E-state index contributed by atoms with van der Waals surface area (Å²) in [5.41, 5.74) is 4.08. The Morgan fingerprint density at radius 2 is 1.74 bits per heavy atom. The second-order valence-corrected chi connectivity index (χ2v) is 10.6. The number of amides is 3. The molecule has 2 heterocycles. The van der Waals surface area contributed by atoms with Crippen LogP contribution in [0.3, 0.4) is 0 Å². The summed E-state index contributed by atoms with van der Waals surface area (Å²) in [5, 5.41) is 3.05. The molecule has 1 aliphatic carbocycles. The van der Waals surface area contributed by atoms with Gasteiger partial charge in [0.05, 0.1) is 0 Å². The summed E-state index contributed by atoms with van der Waals surface area (Å²) in [4.78, 5) is 43.4. The minimum Gasteiger partial charge on any atom is -0.350 e. The molecule has 5 rings (SSSR count). The topological polar surface area (TPSA) is 69.7 Å². The summed E-state index contributed by atoms with van der Waals surface area (Å²) in [5.74, 6) is 0.305. The summed E-state index contributed by atoms with van der Waals surface area (Å²) in [7, 11) is 0. The zero-order valence-corrected chi connectivity index (χ0v) is 20.7. The van der Waals surface area contributed by atoms with Gasteiger partial charge in [-0.3, -0.25) is 14.4 Å². The number of likely N-dealkylation sites (tertiary alicyclic amines) is 1. The van der Waals surface area contributed by atoms with Gasteiger partial charge in [0, 0.05) is 25.2 Å². The number of nitrogens with one attached hydrogen (secondary N) is 1. The van der Waals surface area contributed by atoms with E-state index in [1.54, 1.807) is 9.80 Å². The third-order valence-electron chi connectivity index (χ3n) is 7.93. The van der Waals surface area contributed by atoms with Crippen LogP contribution in [0, 0.1) is 5.92 Å². The highest BCUT2D eigenvalue weighted by molar-refractivity contribution is 6.01. The monoisotopic (exact) mass is 473 g/mol. The Bertz CT molecular complexity index is 1110. The minimum absolute atomic E-state index is 0.0562. The fourth-order valence-corrected chi connectivity index (χ4v) is 5.71. The molecule has 2 aromatic rings. The lowest BCUT2D eigenvalue weighted by molar-refractivity contribution is -0.143. The van der Waals surface area contributed by atoms with E-state index in [1.807, 2.05) is 38.1 Å². The molecular weight excluding hydrogens is 438 g/mol. The highest BCUT2D eigenvalue weighted by atomic mass is 16.2. The van der Waals surface area contributed by atoms with Crippen molar-refractivity contribution < 1.29 is 14.4 Å². The molecule has 184 valence electrons. The molecule has 3 amide bonds. The molecule has 1 N–H and O–H groups in total. The predicted molar refractivity (Wildman–Crippen MR) is 135 cm³/mol.